The fourth-order valence-electron chi connectivity index (χ4n) is 2.13. The molecule has 6 nitrogen and oxygen atoms in total. The van der Waals surface area contributed by atoms with Gasteiger partial charge in [0, 0.05) is 0 Å². The predicted molar refractivity (Wildman–Crippen MR) is 93.0 cm³/mol. The van der Waals surface area contributed by atoms with Gasteiger partial charge in [-0.1, -0.05) is 17.7 Å². The SMILES string of the molecule is CCOc1ccc(S(=O)(=O)Nc2cnc3c(Cl)cccc3n2)cc1. The van der Waals surface area contributed by atoms with Crippen LogP contribution in [-0.4, -0.2) is 25.0 Å². The average molecular weight is 364 g/mol. The van der Waals surface area contributed by atoms with Gasteiger partial charge in [0.2, 0.25) is 0 Å². The van der Waals surface area contributed by atoms with Gasteiger partial charge in [0.15, 0.2) is 5.82 Å². The minimum absolute atomic E-state index is 0.110. The Hall–Kier alpha value is -2.38. The van der Waals surface area contributed by atoms with Crippen LogP contribution in [0.5, 0.6) is 5.75 Å². The van der Waals surface area contributed by atoms with Crippen LogP contribution in [0.3, 0.4) is 0 Å². The fraction of sp³-hybridized carbons (Fsp3) is 0.125. The Bertz CT molecular complexity index is 976. The molecule has 0 aliphatic rings. The number of hydrogen-bond acceptors (Lipinski definition) is 5. The zero-order valence-electron chi connectivity index (χ0n) is 12.7. The first-order valence-corrected chi connectivity index (χ1v) is 9.02. The summed E-state index contributed by atoms with van der Waals surface area (Å²) in [5, 5.41) is 0.459. The normalized spacial score (nSPS) is 11.4. The second kappa shape index (κ2) is 6.62. The highest BCUT2D eigenvalue weighted by Gasteiger charge is 2.15. The number of para-hydroxylation sites is 1. The second-order valence-electron chi connectivity index (χ2n) is 4.87. The summed E-state index contributed by atoms with van der Waals surface area (Å²) in [5.41, 5.74) is 1.03. The van der Waals surface area contributed by atoms with Crippen LogP contribution in [0, 0.1) is 0 Å². The molecule has 0 aliphatic heterocycles. The lowest BCUT2D eigenvalue weighted by Gasteiger charge is -2.09. The van der Waals surface area contributed by atoms with Crippen molar-refractivity contribution < 1.29 is 13.2 Å². The average Bonchev–Trinajstić information content (AvgIpc) is 2.55. The number of halogens is 1. The lowest BCUT2D eigenvalue weighted by molar-refractivity contribution is 0.340. The number of sulfonamides is 1. The van der Waals surface area contributed by atoms with Crippen molar-refractivity contribution in [1.29, 1.82) is 0 Å². The van der Waals surface area contributed by atoms with E-state index in [1.54, 1.807) is 30.3 Å². The third kappa shape index (κ3) is 3.42. The van der Waals surface area contributed by atoms with Crippen LogP contribution in [0.4, 0.5) is 5.82 Å². The minimum Gasteiger partial charge on any atom is -0.494 e. The van der Waals surface area contributed by atoms with E-state index in [0.717, 1.165) is 0 Å². The largest absolute Gasteiger partial charge is 0.494 e. The summed E-state index contributed by atoms with van der Waals surface area (Å²) >= 11 is 6.03. The summed E-state index contributed by atoms with van der Waals surface area (Å²) in [6.45, 7) is 2.37. The molecule has 3 aromatic rings. The number of fused-ring (bicyclic) bond motifs is 1. The molecule has 8 heteroatoms. The van der Waals surface area contributed by atoms with E-state index in [1.807, 2.05) is 6.92 Å². The van der Waals surface area contributed by atoms with Crippen LogP contribution < -0.4 is 9.46 Å². The predicted octanol–water partition coefficient (Wildman–Crippen LogP) is 3.48. The summed E-state index contributed by atoms with van der Waals surface area (Å²) in [7, 11) is -3.76. The summed E-state index contributed by atoms with van der Waals surface area (Å²) in [6, 6.07) is 11.3. The van der Waals surface area contributed by atoms with E-state index in [4.69, 9.17) is 16.3 Å². The molecule has 0 saturated heterocycles. The molecule has 0 radical (unpaired) electrons. The molecule has 0 fully saturated rings. The summed E-state index contributed by atoms with van der Waals surface area (Å²) < 4.78 is 32.6. The summed E-state index contributed by atoms with van der Waals surface area (Å²) in [4.78, 5) is 8.50. The molecular formula is C16H14ClN3O3S. The van der Waals surface area contributed by atoms with Gasteiger partial charge in [-0.05, 0) is 43.3 Å². The fourth-order valence-corrected chi connectivity index (χ4v) is 3.34. The van der Waals surface area contributed by atoms with Crippen LogP contribution >= 0.6 is 11.6 Å². The van der Waals surface area contributed by atoms with Crippen molar-refractivity contribution in [3.8, 4) is 5.75 Å². The lowest BCUT2D eigenvalue weighted by Crippen LogP contribution is -2.14. The summed E-state index contributed by atoms with van der Waals surface area (Å²) in [5.74, 6) is 0.732. The lowest BCUT2D eigenvalue weighted by atomic mass is 10.3. The van der Waals surface area contributed by atoms with Crippen LogP contribution in [0.15, 0.2) is 53.6 Å². The highest BCUT2D eigenvalue weighted by molar-refractivity contribution is 7.92. The molecule has 0 saturated carbocycles. The molecule has 1 aromatic heterocycles. The molecule has 3 rings (SSSR count). The molecule has 24 heavy (non-hydrogen) atoms. The number of benzene rings is 2. The van der Waals surface area contributed by atoms with Gasteiger partial charge in [0.25, 0.3) is 10.0 Å². The van der Waals surface area contributed by atoms with E-state index in [-0.39, 0.29) is 10.7 Å². The Labute approximate surface area is 144 Å². The zero-order valence-corrected chi connectivity index (χ0v) is 14.3. The molecule has 0 atom stereocenters. The minimum atomic E-state index is -3.76. The topological polar surface area (TPSA) is 81.2 Å². The molecule has 0 amide bonds. The Morgan fingerprint density at radius 2 is 1.92 bits per heavy atom. The van der Waals surface area contributed by atoms with Crippen LogP contribution in [0.25, 0.3) is 11.0 Å². The van der Waals surface area contributed by atoms with E-state index < -0.39 is 10.0 Å². The molecule has 124 valence electrons. The number of aromatic nitrogens is 2. The highest BCUT2D eigenvalue weighted by atomic mass is 35.5. The van der Waals surface area contributed by atoms with Crippen LogP contribution in [-0.2, 0) is 10.0 Å². The summed E-state index contributed by atoms with van der Waals surface area (Å²) in [6.07, 6.45) is 1.33. The maximum absolute atomic E-state index is 12.4. The molecule has 2 aromatic carbocycles. The third-order valence-corrected chi connectivity index (χ3v) is 4.88. The van der Waals surface area contributed by atoms with Crippen molar-refractivity contribution in [1.82, 2.24) is 9.97 Å². The molecular weight excluding hydrogens is 350 g/mol. The number of rotatable bonds is 5. The molecule has 1 N–H and O–H groups in total. The quantitative estimate of drug-likeness (QED) is 0.750. The molecule has 0 bridgehead atoms. The molecule has 1 heterocycles. The first-order chi connectivity index (χ1) is 11.5. The van der Waals surface area contributed by atoms with Gasteiger partial charge in [0.1, 0.15) is 11.3 Å². The van der Waals surface area contributed by atoms with Gasteiger partial charge in [-0.25, -0.2) is 18.4 Å². The second-order valence-corrected chi connectivity index (χ2v) is 6.96. The standard InChI is InChI=1S/C16H14ClN3O3S/c1-2-23-11-6-8-12(9-7-11)24(21,22)20-15-10-18-16-13(17)4-3-5-14(16)19-15/h3-10H,2H2,1H3,(H,19,20). The van der Waals surface area contributed by atoms with Gasteiger partial charge in [-0.2, -0.15) is 0 Å². The van der Waals surface area contributed by atoms with E-state index in [1.165, 1.54) is 18.3 Å². The van der Waals surface area contributed by atoms with Gasteiger partial charge >= 0.3 is 0 Å². The van der Waals surface area contributed by atoms with Crippen molar-refractivity contribution in [2.75, 3.05) is 11.3 Å². The number of anilines is 1. The molecule has 0 unspecified atom stereocenters. The zero-order chi connectivity index (χ0) is 17.2. The maximum Gasteiger partial charge on any atom is 0.263 e. The van der Waals surface area contributed by atoms with E-state index in [9.17, 15) is 8.42 Å². The van der Waals surface area contributed by atoms with Crippen LogP contribution in [0.2, 0.25) is 5.02 Å². The van der Waals surface area contributed by atoms with Crippen molar-refractivity contribution in [2.24, 2.45) is 0 Å². The van der Waals surface area contributed by atoms with E-state index in [2.05, 4.69) is 14.7 Å². The number of ether oxygens (including phenoxy) is 1. The Morgan fingerprint density at radius 3 is 2.62 bits per heavy atom. The maximum atomic E-state index is 12.4. The molecule has 0 spiro atoms. The van der Waals surface area contributed by atoms with Gasteiger partial charge < -0.3 is 4.74 Å². The number of nitrogens with zero attached hydrogens (tertiary/aromatic N) is 2. The third-order valence-electron chi connectivity index (χ3n) is 3.21. The van der Waals surface area contributed by atoms with Gasteiger partial charge in [-0.3, -0.25) is 4.72 Å². The van der Waals surface area contributed by atoms with Crippen LogP contribution in [0.1, 0.15) is 6.92 Å². The first-order valence-electron chi connectivity index (χ1n) is 7.16. The smallest absolute Gasteiger partial charge is 0.263 e. The number of nitrogens with one attached hydrogen (secondary N) is 1. The van der Waals surface area contributed by atoms with Crippen molar-refractivity contribution in [3.05, 3.63) is 53.7 Å². The Balaban J connectivity index is 1.88. The van der Waals surface area contributed by atoms with E-state index in [0.29, 0.717) is 28.4 Å². The molecule has 0 aliphatic carbocycles. The highest BCUT2D eigenvalue weighted by Crippen LogP contribution is 2.22. The van der Waals surface area contributed by atoms with E-state index >= 15 is 0 Å². The van der Waals surface area contributed by atoms with Crippen molar-refractivity contribution in [2.45, 2.75) is 11.8 Å². The van der Waals surface area contributed by atoms with Crippen molar-refractivity contribution >= 4 is 38.5 Å². The van der Waals surface area contributed by atoms with Gasteiger partial charge in [-0.15, -0.1) is 0 Å². The Morgan fingerprint density at radius 1 is 1.17 bits per heavy atom. The monoisotopic (exact) mass is 363 g/mol. The number of hydrogen-bond donors (Lipinski definition) is 1. The van der Waals surface area contributed by atoms with Crippen molar-refractivity contribution in [3.63, 3.8) is 0 Å². The van der Waals surface area contributed by atoms with Gasteiger partial charge in [0.05, 0.1) is 28.2 Å². The Kier molecular flexibility index (Phi) is 4.55. The first kappa shape index (κ1) is 16.5.